The van der Waals surface area contributed by atoms with Crippen molar-refractivity contribution in [3.8, 4) is 5.75 Å². The van der Waals surface area contributed by atoms with E-state index in [1.54, 1.807) is 18.2 Å². The van der Waals surface area contributed by atoms with Crippen LogP contribution in [0.5, 0.6) is 5.75 Å². The third-order valence-electron chi connectivity index (χ3n) is 9.13. The Morgan fingerprint density at radius 3 is 2.56 bits per heavy atom. The summed E-state index contributed by atoms with van der Waals surface area (Å²) in [5.41, 5.74) is 3.22. The molecule has 2 aromatic rings. The zero-order valence-electron chi connectivity index (χ0n) is 23.5. The van der Waals surface area contributed by atoms with Crippen LogP contribution < -0.4 is 25.2 Å². The van der Waals surface area contributed by atoms with Gasteiger partial charge in [0.25, 0.3) is 0 Å². The van der Waals surface area contributed by atoms with Crippen molar-refractivity contribution < 1.29 is 9.53 Å². The number of nitrogens with one attached hydrogen (secondary N) is 2. The van der Waals surface area contributed by atoms with Gasteiger partial charge in [-0.15, -0.1) is 0 Å². The first-order valence-electron chi connectivity index (χ1n) is 14.4. The molecule has 1 saturated heterocycles. The third-order valence-corrected chi connectivity index (χ3v) is 9.13. The van der Waals surface area contributed by atoms with Gasteiger partial charge in [0.2, 0.25) is 11.9 Å². The molecule has 0 radical (unpaired) electrons. The van der Waals surface area contributed by atoms with E-state index in [1.807, 2.05) is 25.2 Å². The molecular formula is C30H41N7O2. The lowest BCUT2D eigenvalue weighted by Crippen LogP contribution is -2.41. The third kappa shape index (κ3) is 5.04. The quantitative estimate of drug-likeness (QED) is 0.544. The number of benzene rings is 1. The highest BCUT2D eigenvalue weighted by Gasteiger charge is 2.55. The number of aromatic nitrogens is 2. The molecule has 2 N–H and O–H groups in total. The fourth-order valence-electron chi connectivity index (χ4n) is 6.43. The number of amides is 1. The number of ether oxygens (including phenoxy) is 1. The second-order valence-corrected chi connectivity index (χ2v) is 11.9. The molecule has 0 bridgehead atoms. The maximum atomic E-state index is 13.3. The van der Waals surface area contributed by atoms with E-state index in [4.69, 9.17) is 9.72 Å². The summed E-state index contributed by atoms with van der Waals surface area (Å²) in [7, 11) is 5.71. The van der Waals surface area contributed by atoms with Gasteiger partial charge in [0.15, 0.2) is 5.82 Å². The summed E-state index contributed by atoms with van der Waals surface area (Å²) in [6.07, 6.45) is 10.7. The number of fused-ring (bicyclic) bond motifs is 1. The lowest BCUT2D eigenvalue weighted by molar-refractivity contribution is -0.122. The predicted octanol–water partition coefficient (Wildman–Crippen LogP) is 4.39. The van der Waals surface area contributed by atoms with Crippen LogP contribution in [0.3, 0.4) is 0 Å². The molecule has 1 aromatic heterocycles. The van der Waals surface area contributed by atoms with Crippen LogP contribution in [0.15, 0.2) is 31.0 Å². The molecule has 4 aliphatic rings. The SMILES string of the molecule is C=C(NC1CCN(C)CC1)c1ccc(Nc2ncc3c(n2)N(C2CCCC2)CC2(CC2)C(=O)N3C)c(OC)c1. The number of likely N-dealkylation sites (tertiary alicyclic amines) is 1. The summed E-state index contributed by atoms with van der Waals surface area (Å²) in [6, 6.07) is 6.90. The Morgan fingerprint density at radius 1 is 1.13 bits per heavy atom. The topological polar surface area (TPSA) is 85.9 Å². The minimum absolute atomic E-state index is 0.194. The second kappa shape index (κ2) is 10.3. The summed E-state index contributed by atoms with van der Waals surface area (Å²) >= 11 is 0. The van der Waals surface area contributed by atoms with E-state index in [0.717, 1.165) is 86.6 Å². The van der Waals surface area contributed by atoms with E-state index in [-0.39, 0.29) is 11.3 Å². The van der Waals surface area contributed by atoms with E-state index in [1.165, 1.54) is 12.8 Å². The van der Waals surface area contributed by atoms with Crippen LogP contribution in [-0.2, 0) is 4.79 Å². The van der Waals surface area contributed by atoms with Crippen LogP contribution in [0.25, 0.3) is 5.70 Å². The monoisotopic (exact) mass is 531 g/mol. The van der Waals surface area contributed by atoms with Gasteiger partial charge in [-0.05, 0) is 70.8 Å². The highest BCUT2D eigenvalue weighted by molar-refractivity contribution is 6.02. The summed E-state index contributed by atoms with van der Waals surface area (Å²) in [6.45, 7) is 7.24. The first-order chi connectivity index (χ1) is 18.9. The van der Waals surface area contributed by atoms with Crippen molar-refractivity contribution in [1.29, 1.82) is 0 Å². The number of carbonyl (C=O) groups excluding carboxylic acids is 1. The molecule has 3 heterocycles. The first kappa shape index (κ1) is 25.9. The largest absolute Gasteiger partial charge is 0.495 e. The Labute approximate surface area is 231 Å². The molecule has 6 rings (SSSR count). The number of anilines is 4. The van der Waals surface area contributed by atoms with Gasteiger partial charge in [-0.25, -0.2) is 4.98 Å². The number of methoxy groups -OCH3 is 1. The molecule has 1 aromatic carbocycles. The van der Waals surface area contributed by atoms with E-state index in [0.29, 0.717) is 23.8 Å². The van der Waals surface area contributed by atoms with Crippen LogP contribution in [0.1, 0.15) is 56.9 Å². The Hall–Kier alpha value is -3.33. The predicted molar refractivity (Wildman–Crippen MR) is 156 cm³/mol. The standard InChI is InChI=1S/C30H41N7O2/c1-20(32-22-11-15-35(2)16-12-22)21-9-10-24(26(17-21)39-4)33-29-31-18-25-27(34-29)37(23-7-5-6-8-23)19-30(13-14-30)28(38)36(25)3/h9-10,17-18,22-23,32H,1,5-8,11-16,19H2,2-4H3,(H,31,33,34). The van der Waals surface area contributed by atoms with Crippen molar-refractivity contribution in [3.05, 3.63) is 36.5 Å². The van der Waals surface area contributed by atoms with Gasteiger partial charge in [-0.2, -0.15) is 4.98 Å². The number of carbonyl (C=O) groups is 1. The van der Waals surface area contributed by atoms with Gasteiger partial charge in [0.05, 0.1) is 24.4 Å². The van der Waals surface area contributed by atoms with Gasteiger partial charge in [0.1, 0.15) is 11.4 Å². The van der Waals surface area contributed by atoms with E-state index >= 15 is 0 Å². The average molecular weight is 532 g/mol. The van der Waals surface area contributed by atoms with Gasteiger partial charge in [0, 0.05) is 36.9 Å². The van der Waals surface area contributed by atoms with E-state index < -0.39 is 0 Å². The number of hydrogen-bond donors (Lipinski definition) is 2. The Morgan fingerprint density at radius 2 is 1.87 bits per heavy atom. The second-order valence-electron chi connectivity index (χ2n) is 11.9. The molecule has 9 heteroatoms. The summed E-state index contributed by atoms with van der Waals surface area (Å²) in [4.78, 5) is 29.5. The lowest BCUT2D eigenvalue weighted by atomic mass is 10.0. The molecule has 2 aliphatic carbocycles. The maximum Gasteiger partial charge on any atom is 0.234 e. The first-order valence-corrected chi connectivity index (χ1v) is 14.4. The van der Waals surface area contributed by atoms with Gasteiger partial charge in [-0.1, -0.05) is 25.5 Å². The molecule has 0 unspecified atom stereocenters. The fourth-order valence-corrected chi connectivity index (χ4v) is 6.43. The van der Waals surface area contributed by atoms with Crippen LogP contribution in [0, 0.1) is 5.41 Å². The van der Waals surface area contributed by atoms with Crippen LogP contribution in [-0.4, -0.2) is 73.7 Å². The Balaban J connectivity index is 1.24. The Bertz CT molecular complexity index is 1250. The summed E-state index contributed by atoms with van der Waals surface area (Å²) in [5, 5.41) is 6.99. The molecule has 2 saturated carbocycles. The zero-order chi connectivity index (χ0) is 27.1. The number of piperidine rings is 1. The lowest BCUT2D eigenvalue weighted by Gasteiger charge is -2.31. The molecule has 2 aliphatic heterocycles. The van der Waals surface area contributed by atoms with Crippen molar-refractivity contribution in [2.75, 3.05) is 56.0 Å². The highest BCUT2D eigenvalue weighted by Crippen LogP contribution is 2.52. The van der Waals surface area contributed by atoms with Crippen LogP contribution in [0.2, 0.25) is 0 Å². The molecule has 208 valence electrons. The highest BCUT2D eigenvalue weighted by atomic mass is 16.5. The van der Waals surface area contributed by atoms with Gasteiger partial charge in [-0.3, -0.25) is 4.79 Å². The normalized spacial score (nSPS) is 21.6. The smallest absolute Gasteiger partial charge is 0.234 e. The molecule has 0 atom stereocenters. The van der Waals surface area contributed by atoms with Crippen molar-refractivity contribution in [2.24, 2.45) is 5.41 Å². The van der Waals surface area contributed by atoms with E-state index in [2.05, 4.69) is 39.0 Å². The van der Waals surface area contributed by atoms with Crippen molar-refractivity contribution in [2.45, 2.75) is 63.5 Å². The van der Waals surface area contributed by atoms with Gasteiger partial charge >= 0.3 is 0 Å². The molecule has 1 amide bonds. The molecule has 3 fully saturated rings. The molecular weight excluding hydrogens is 490 g/mol. The van der Waals surface area contributed by atoms with Crippen molar-refractivity contribution in [3.63, 3.8) is 0 Å². The molecule has 1 spiro atoms. The zero-order valence-corrected chi connectivity index (χ0v) is 23.5. The summed E-state index contributed by atoms with van der Waals surface area (Å²) < 4.78 is 5.76. The van der Waals surface area contributed by atoms with E-state index in [9.17, 15) is 4.79 Å². The molecule has 9 nitrogen and oxygen atoms in total. The summed E-state index contributed by atoms with van der Waals surface area (Å²) in [5.74, 6) is 2.25. The number of rotatable bonds is 7. The minimum atomic E-state index is -0.269. The van der Waals surface area contributed by atoms with Gasteiger partial charge < -0.3 is 30.1 Å². The minimum Gasteiger partial charge on any atom is -0.495 e. The van der Waals surface area contributed by atoms with Crippen molar-refractivity contribution in [1.82, 2.24) is 20.2 Å². The van der Waals surface area contributed by atoms with Crippen LogP contribution >= 0.6 is 0 Å². The van der Waals surface area contributed by atoms with Crippen molar-refractivity contribution >= 4 is 34.7 Å². The number of hydrogen-bond acceptors (Lipinski definition) is 8. The number of nitrogens with zero attached hydrogens (tertiary/aromatic N) is 5. The average Bonchev–Trinajstić information content (AvgIpc) is 3.55. The molecule has 39 heavy (non-hydrogen) atoms. The Kier molecular flexibility index (Phi) is 6.87. The maximum absolute atomic E-state index is 13.3. The van der Waals surface area contributed by atoms with Crippen LogP contribution in [0.4, 0.5) is 23.1 Å². The fraction of sp³-hybridized carbons (Fsp3) is 0.567.